The van der Waals surface area contributed by atoms with Gasteiger partial charge in [0.25, 0.3) is 5.91 Å². The average Bonchev–Trinajstić information content (AvgIpc) is 3.71. The van der Waals surface area contributed by atoms with E-state index in [4.69, 9.17) is 0 Å². The van der Waals surface area contributed by atoms with E-state index in [9.17, 15) is 19.2 Å². The second-order valence-corrected chi connectivity index (χ2v) is 14.4. The topological polar surface area (TPSA) is 129 Å². The van der Waals surface area contributed by atoms with Gasteiger partial charge in [0.05, 0.1) is 5.01 Å². The Hall–Kier alpha value is -2.68. The minimum absolute atomic E-state index is 0.00164. The van der Waals surface area contributed by atoms with Gasteiger partial charge in [-0.05, 0) is 49.4 Å². The lowest BCUT2D eigenvalue weighted by Crippen LogP contribution is -2.55. The molecule has 3 rings (SSSR count). The van der Waals surface area contributed by atoms with Crippen LogP contribution in [0.15, 0.2) is 35.7 Å². The molecule has 0 bridgehead atoms. The molecule has 3 amide bonds. The number of carbonyl (C=O) groups excluding carboxylic acids is 4. The monoisotopic (exact) mass is 629 g/mol. The van der Waals surface area contributed by atoms with Gasteiger partial charge in [-0.25, -0.2) is 4.98 Å². The highest BCUT2D eigenvalue weighted by Gasteiger charge is 2.31. The quantitative estimate of drug-likeness (QED) is 0.155. The van der Waals surface area contributed by atoms with Gasteiger partial charge in [-0.15, -0.1) is 11.3 Å². The van der Waals surface area contributed by atoms with E-state index in [0.717, 1.165) is 36.0 Å². The Balaban J connectivity index is 1.59. The van der Waals surface area contributed by atoms with Crippen molar-refractivity contribution in [3.8, 4) is 0 Å². The Labute approximate surface area is 261 Å². The van der Waals surface area contributed by atoms with Crippen molar-refractivity contribution in [2.75, 3.05) is 12.7 Å². The highest BCUT2D eigenvalue weighted by Crippen LogP contribution is 2.22. The van der Waals surface area contributed by atoms with Gasteiger partial charge in [-0.1, -0.05) is 80.0 Å². The van der Waals surface area contributed by atoms with Gasteiger partial charge in [0, 0.05) is 29.8 Å². The van der Waals surface area contributed by atoms with E-state index >= 15 is 0 Å². The fraction of sp³-hybridized carbons (Fsp3) is 0.594. The molecule has 236 valence electrons. The van der Waals surface area contributed by atoms with Crippen molar-refractivity contribution in [1.82, 2.24) is 26.3 Å². The number of aromatic nitrogens is 1. The molecule has 1 aliphatic heterocycles. The summed E-state index contributed by atoms with van der Waals surface area (Å²) in [5.74, 6) is -0.707. The lowest BCUT2D eigenvalue weighted by molar-refractivity contribution is -0.130. The number of benzene rings is 1. The minimum Gasteiger partial charge on any atom is -0.351 e. The van der Waals surface area contributed by atoms with E-state index in [2.05, 4.69) is 40.1 Å². The molecule has 9 nitrogen and oxygen atoms in total. The molecule has 1 aromatic heterocycles. The van der Waals surface area contributed by atoms with Crippen molar-refractivity contribution in [3.63, 3.8) is 0 Å². The molecule has 43 heavy (non-hydrogen) atoms. The highest BCUT2D eigenvalue weighted by molar-refractivity contribution is 7.40. The average molecular weight is 630 g/mol. The summed E-state index contributed by atoms with van der Waals surface area (Å²) >= 11 is 1.43. The van der Waals surface area contributed by atoms with Crippen LogP contribution in [0.4, 0.5) is 0 Å². The maximum atomic E-state index is 13.4. The fourth-order valence-electron chi connectivity index (χ4n) is 5.14. The summed E-state index contributed by atoms with van der Waals surface area (Å²) in [6, 6.07) is 9.02. The van der Waals surface area contributed by atoms with Crippen molar-refractivity contribution in [2.24, 2.45) is 17.8 Å². The van der Waals surface area contributed by atoms with E-state index < -0.39 is 6.04 Å². The lowest BCUT2D eigenvalue weighted by atomic mass is 9.95. The Bertz CT molecular complexity index is 1190. The standard InChI is InChI=1S/C32H48N5O4PS/c1-6-22(5)28(37-31(41)32-33-14-15-42-32)30(40)36-25(20(2)3)12-13-27-35-26(19-43-27)29(39)34-24(16-21(4)18-38)17-23-10-8-7-9-11-23/h7-11,18-22,24-25,28,32-33,42H,6,12-17H2,1-5H3,(H,34,39)(H,36,40)(H,37,41). The van der Waals surface area contributed by atoms with Crippen LogP contribution in [0, 0.1) is 17.8 Å². The molecule has 1 aromatic carbocycles. The van der Waals surface area contributed by atoms with Crippen LogP contribution in [0.2, 0.25) is 0 Å². The first-order chi connectivity index (χ1) is 20.6. The summed E-state index contributed by atoms with van der Waals surface area (Å²) < 4.78 is 0. The zero-order chi connectivity index (χ0) is 31.4. The Morgan fingerprint density at radius 3 is 2.49 bits per heavy atom. The fourth-order valence-corrected chi connectivity index (χ4v) is 7.07. The van der Waals surface area contributed by atoms with Gasteiger partial charge in [-0.2, -0.15) is 0 Å². The van der Waals surface area contributed by atoms with Crippen LogP contribution in [0.5, 0.6) is 0 Å². The zero-order valence-electron chi connectivity index (χ0n) is 26.0. The molecular weight excluding hydrogens is 581 g/mol. The van der Waals surface area contributed by atoms with Gasteiger partial charge in [0.15, 0.2) is 0 Å². The molecule has 2 aromatic rings. The maximum absolute atomic E-state index is 13.4. The number of nitrogens with one attached hydrogen (secondary N) is 4. The third kappa shape index (κ3) is 11.1. The summed E-state index contributed by atoms with van der Waals surface area (Å²) in [7, 11) is 0.530. The van der Waals surface area contributed by atoms with Gasteiger partial charge in [0.1, 0.15) is 23.8 Å². The van der Waals surface area contributed by atoms with Gasteiger partial charge in [0.2, 0.25) is 11.8 Å². The lowest BCUT2D eigenvalue weighted by Gasteiger charge is -2.29. The van der Waals surface area contributed by atoms with Crippen molar-refractivity contribution in [3.05, 3.63) is 52.0 Å². The molecule has 1 aliphatic rings. The Kier molecular flexibility index (Phi) is 14.2. The number of amides is 3. The summed E-state index contributed by atoms with van der Waals surface area (Å²) in [6.45, 7) is 10.8. The number of rotatable bonds is 17. The normalized spacial score (nSPS) is 18.9. The van der Waals surface area contributed by atoms with Crippen molar-refractivity contribution in [2.45, 2.75) is 90.6 Å². The van der Waals surface area contributed by atoms with Crippen LogP contribution in [-0.4, -0.2) is 65.6 Å². The van der Waals surface area contributed by atoms with Crippen molar-refractivity contribution >= 4 is 43.9 Å². The van der Waals surface area contributed by atoms with Crippen LogP contribution in [0.25, 0.3) is 0 Å². The molecular formula is C32H48N5O4PS. The minimum atomic E-state index is -0.591. The summed E-state index contributed by atoms with van der Waals surface area (Å²) in [6.07, 6.45) is 5.14. The van der Waals surface area contributed by atoms with E-state index in [-0.39, 0.29) is 53.3 Å². The predicted molar refractivity (Wildman–Crippen MR) is 175 cm³/mol. The molecule has 0 saturated carbocycles. The Morgan fingerprint density at radius 2 is 1.86 bits per heavy atom. The summed E-state index contributed by atoms with van der Waals surface area (Å²) in [5, 5.41) is 15.1. The second-order valence-electron chi connectivity index (χ2n) is 11.9. The van der Waals surface area contributed by atoms with Crippen molar-refractivity contribution in [1.29, 1.82) is 0 Å². The predicted octanol–water partition coefficient (Wildman–Crippen LogP) is 3.92. The van der Waals surface area contributed by atoms with Crippen LogP contribution in [0.1, 0.15) is 74.9 Å². The number of hydrogen-bond donors (Lipinski definition) is 4. The molecule has 11 heteroatoms. The largest absolute Gasteiger partial charge is 0.351 e. The second kappa shape index (κ2) is 17.6. The van der Waals surface area contributed by atoms with E-state index in [1.165, 1.54) is 11.3 Å². The highest BCUT2D eigenvalue weighted by atomic mass is 32.1. The zero-order valence-corrected chi connectivity index (χ0v) is 27.8. The number of aryl methyl sites for hydroxylation is 1. The SMILES string of the molecule is CCC(C)C(NC(=O)C1NCCP1)C(=O)NC(CCc1nc(C(=O)NC(Cc2ccccc2)CC(C)C=O)cs1)C(C)C. The molecule has 0 aliphatic carbocycles. The molecule has 7 unspecified atom stereocenters. The van der Waals surface area contributed by atoms with Crippen LogP contribution in [-0.2, 0) is 27.2 Å². The molecule has 4 N–H and O–H groups in total. The van der Waals surface area contributed by atoms with E-state index in [1.54, 1.807) is 5.38 Å². The number of hydrogen-bond acceptors (Lipinski definition) is 7. The Morgan fingerprint density at radius 1 is 1.12 bits per heavy atom. The third-order valence-corrected chi connectivity index (χ3v) is 10.3. The first-order valence-corrected chi connectivity index (χ1v) is 17.6. The van der Waals surface area contributed by atoms with E-state index in [0.29, 0.717) is 40.0 Å². The van der Waals surface area contributed by atoms with Crippen LogP contribution in [0.3, 0.4) is 0 Å². The van der Waals surface area contributed by atoms with Gasteiger partial charge >= 0.3 is 0 Å². The molecule has 0 radical (unpaired) electrons. The third-order valence-electron chi connectivity index (χ3n) is 8.01. The summed E-state index contributed by atoms with van der Waals surface area (Å²) in [4.78, 5) is 55.2. The smallest absolute Gasteiger partial charge is 0.270 e. The van der Waals surface area contributed by atoms with E-state index in [1.807, 2.05) is 51.1 Å². The number of thiazole rings is 1. The first kappa shape index (κ1) is 34.8. The van der Waals surface area contributed by atoms with Crippen LogP contribution < -0.4 is 21.3 Å². The molecule has 0 spiro atoms. The maximum Gasteiger partial charge on any atom is 0.270 e. The molecule has 1 saturated heterocycles. The molecule has 7 atom stereocenters. The van der Waals surface area contributed by atoms with Crippen molar-refractivity contribution < 1.29 is 19.2 Å². The number of carbonyl (C=O) groups is 4. The molecule has 1 fully saturated rings. The summed E-state index contributed by atoms with van der Waals surface area (Å²) in [5.41, 5.74) is 1.46. The van der Waals surface area contributed by atoms with Gasteiger partial charge in [-0.3, -0.25) is 14.4 Å². The van der Waals surface area contributed by atoms with Gasteiger partial charge < -0.3 is 26.1 Å². The van der Waals surface area contributed by atoms with Crippen LogP contribution >= 0.6 is 19.9 Å². The molecule has 2 heterocycles. The first-order valence-electron chi connectivity index (χ1n) is 15.4. The number of nitrogens with zero attached hydrogens (tertiary/aromatic N) is 1. The number of aldehydes is 1.